The predicted octanol–water partition coefficient (Wildman–Crippen LogP) is 4.00. The summed E-state index contributed by atoms with van der Waals surface area (Å²) >= 11 is 0. The molecule has 0 aliphatic carbocycles. The van der Waals surface area contributed by atoms with Gasteiger partial charge in [-0.3, -0.25) is 5.21 Å². The first-order valence-corrected chi connectivity index (χ1v) is 5.89. The normalized spacial score (nSPS) is 12.4. The minimum Gasteiger partial charge on any atom is -0.352 e. The van der Waals surface area contributed by atoms with Crippen molar-refractivity contribution in [2.24, 2.45) is 0 Å². The lowest BCUT2D eigenvalue weighted by Crippen LogP contribution is -2.19. The third-order valence-corrected chi connectivity index (χ3v) is 3.11. The number of nitrogens with one attached hydrogen (secondary N) is 1. The summed E-state index contributed by atoms with van der Waals surface area (Å²) in [4.78, 5) is 0. The highest BCUT2D eigenvalue weighted by molar-refractivity contribution is 5.91. The van der Waals surface area contributed by atoms with Crippen molar-refractivity contribution in [3.8, 4) is 0 Å². The number of allylic oxidation sites excluding steroid dienone is 1. The molecule has 0 radical (unpaired) electrons. The number of para-hydroxylation sites is 3. The highest BCUT2D eigenvalue weighted by Gasteiger charge is 2.22. The summed E-state index contributed by atoms with van der Waals surface area (Å²) < 4.78 is 0. The molecule has 3 rings (SSSR count). The van der Waals surface area contributed by atoms with Crippen LogP contribution < -0.4 is 10.4 Å². The number of nitrogens with zero attached hydrogens (tertiary/aromatic N) is 1. The van der Waals surface area contributed by atoms with Gasteiger partial charge in [-0.2, -0.15) is 0 Å². The third kappa shape index (κ3) is 1.57. The number of anilines is 4. The Morgan fingerprint density at radius 1 is 1.11 bits per heavy atom. The summed E-state index contributed by atoms with van der Waals surface area (Å²) in [5, 5.41) is 14.9. The summed E-state index contributed by atoms with van der Waals surface area (Å²) in [5.41, 5.74) is 4.51. The van der Waals surface area contributed by atoms with E-state index in [9.17, 15) is 5.21 Å². The van der Waals surface area contributed by atoms with Gasteiger partial charge in [-0.15, -0.1) is 6.58 Å². The maximum Gasteiger partial charge on any atom is 0.0931 e. The van der Waals surface area contributed by atoms with Crippen LogP contribution in [0.15, 0.2) is 55.1 Å². The average molecular weight is 238 g/mol. The first kappa shape index (κ1) is 10.9. The highest BCUT2D eigenvalue weighted by atomic mass is 16.5. The van der Waals surface area contributed by atoms with Crippen molar-refractivity contribution in [2.45, 2.75) is 6.42 Å². The fraction of sp³-hybridized carbons (Fsp3) is 0.0667. The molecule has 0 saturated carbocycles. The Morgan fingerprint density at radius 3 is 2.72 bits per heavy atom. The smallest absolute Gasteiger partial charge is 0.0931 e. The zero-order chi connectivity index (χ0) is 12.5. The van der Waals surface area contributed by atoms with Gasteiger partial charge in [-0.25, -0.2) is 5.06 Å². The van der Waals surface area contributed by atoms with E-state index in [0.717, 1.165) is 34.7 Å². The lowest BCUT2D eigenvalue weighted by atomic mass is 10.0. The molecule has 0 bridgehead atoms. The van der Waals surface area contributed by atoms with E-state index >= 15 is 0 Å². The van der Waals surface area contributed by atoms with Gasteiger partial charge in [0.1, 0.15) is 0 Å². The van der Waals surface area contributed by atoms with Crippen LogP contribution in [0, 0.1) is 0 Å². The van der Waals surface area contributed by atoms with E-state index in [1.165, 1.54) is 5.06 Å². The van der Waals surface area contributed by atoms with Crippen LogP contribution in [0.3, 0.4) is 0 Å². The van der Waals surface area contributed by atoms with E-state index in [1.807, 2.05) is 48.5 Å². The summed E-state index contributed by atoms with van der Waals surface area (Å²) in [7, 11) is 0. The zero-order valence-electron chi connectivity index (χ0n) is 9.93. The van der Waals surface area contributed by atoms with Crippen LogP contribution >= 0.6 is 0 Å². The van der Waals surface area contributed by atoms with E-state index in [2.05, 4.69) is 11.9 Å². The molecular formula is C15H14N2O. The first-order chi connectivity index (χ1) is 8.81. The molecule has 18 heavy (non-hydrogen) atoms. The molecule has 90 valence electrons. The second-order valence-corrected chi connectivity index (χ2v) is 4.26. The molecule has 0 amide bonds. The molecule has 1 aliphatic rings. The lowest BCUT2D eigenvalue weighted by Gasteiger charge is -2.30. The Kier molecular flexibility index (Phi) is 2.54. The van der Waals surface area contributed by atoms with Crippen molar-refractivity contribution >= 4 is 22.7 Å². The molecule has 0 fully saturated rings. The van der Waals surface area contributed by atoms with Crippen molar-refractivity contribution in [3.63, 3.8) is 0 Å². The van der Waals surface area contributed by atoms with Gasteiger partial charge in [0.2, 0.25) is 0 Å². The summed E-state index contributed by atoms with van der Waals surface area (Å²) in [6.07, 6.45) is 2.63. The van der Waals surface area contributed by atoms with Crippen LogP contribution in [0.1, 0.15) is 5.56 Å². The third-order valence-electron chi connectivity index (χ3n) is 3.11. The molecular weight excluding hydrogens is 224 g/mol. The molecule has 0 spiro atoms. The standard InChI is InChI=1S/C15H14N2O/c1-2-6-11-7-5-10-14-15(11)16-12-8-3-4-9-13(12)17(14)18/h2-5,7-10,16,18H,1,6H2. The number of fused-ring (bicyclic) bond motifs is 2. The van der Waals surface area contributed by atoms with Gasteiger partial charge < -0.3 is 5.32 Å². The summed E-state index contributed by atoms with van der Waals surface area (Å²) in [6, 6.07) is 13.6. The lowest BCUT2D eigenvalue weighted by molar-refractivity contribution is 0.301. The molecule has 1 heterocycles. The van der Waals surface area contributed by atoms with E-state index in [4.69, 9.17) is 0 Å². The molecule has 3 nitrogen and oxygen atoms in total. The molecule has 0 saturated heterocycles. The van der Waals surface area contributed by atoms with Gasteiger partial charge in [0.05, 0.1) is 22.7 Å². The van der Waals surface area contributed by atoms with Crippen LogP contribution in [-0.4, -0.2) is 5.21 Å². The molecule has 3 heteroatoms. The van der Waals surface area contributed by atoms with Crippen molar-refractivity contribution in [3.05, 3.63) is 60.7 Å². The minimum atomic E-state index is 0.765. The first-order valence-electron chi connectivity index (χ1n) is 5.89. The molecule has 2 aromatic carbocycles. The highest BCUT2D eigenvalue weighted by Crippen LogP contribution is 2.43. The Hall–Kier alpha value is -2.26. The number of benzene rings is 2. The molecule has 0 unspecified atom stereocenters. The van der Waals surface area contributed by atoms with E-state index in [0.29, 0.717) is 0 Å². The van der Waals surface area contributed by atoms with Gasteiger partial charge in [0, 0.05) is 0 Å². The molecule has 2 N–H and O–H groups in total. The van der Waals surface area contributed by atoms with E-state index < -0.39 is 0 Å². The van der Waals surface area contributed by atoms with Crippen molar-refractivity contribution < 1.29 is 5.21 Å². The summed E-state index contributed by atoms with van der Waals surface area (Å²) in [5.74, 6) is 0. The average Bonchev–Trinajstić information content (AvgIpc) is 2.40. The van der Waals surface area contributed by atoms with Crippen molar-refractivity contribution in [1.29, 1.82) is 0 Å². The fourth-order valence-corrected chi connectivity index (χ4v) is 2.26. The SMILES string of the molecule is C=CCc1cccc2c1Nc1ccccc1N2O. The Balaban J connectivity index is 2.15. The fourth-order valence-electron chi connectivity index (χ4n) is 2.26. The number of rotatable bonds is 2. The zero-order valence-corrected chi connectivity index (χ0v) is 9.93. The number of hydrogen-bond acceptors (Lipinski definition) is 3. The molecule has 2 aromatic rings. The summed E-state index contributed by atoms with van der Waals surface area (Å²) in [6.45, 7) is 3.76. The largest absolute Gasteiger partial charge is 0.352 e. The Labute approximate surface area is 106 Å². The Morgan fingerprint density at radius 2 is 1.89 bits per heavy atom. The van der Waals surface area contributed by atoms with Gasteiger partial charge in [-0.05, 0) is 30.2 Å². The van der Waals surface area contributed by atoms with Gasteiger partial charge >= 0.3 is 0 Å². The predicted molar refractivity (Wildman–Crippen MR) is 74.0 cm³/mol. The molecule has 0 aromatic heterocycles. The maximum atomic E-state index is 10.3. The second-order valence-electron chi connectivity index (χ2n) is 4.26. The van der Waals surface area contributed by atoms with Gasteiger partial charge in [0.15, 0.2) is 0 Å². The van der Waals surface area contributed by atoms with E-state index in [-0.39, 0.29) is 0 Å². The Bertz CT molecular complexity index is 607. The second kappa shape index (κ2) is 4.20. The monoisotopic (exact) mass is 238 g/mol. The quantitative estimate of drug-likeness (QED) is 0.776. The van der Waals surface area contributed by atoms with Crippen LogP contribution in [0.5, 0.6) is 0 Å². The van der Waals surface area contributed by atoms with Gasteiger partial charge in [-0.1, -0.05) is 30.3 Å². The molecule has 1 aliphatic heterocycles. The van der Waals surface area contributed by atoms with Crippen LogP contribution in [0.25, 0.3) is 0 Å². The van der Waals surface area contributed by atoms with Crippen molar-refractivity contribution in [2.75, 3.05) is 10.4 Å². The topological polar surface area (TPSA) is 35.5 Å². The van der Waals surface area contributed by atoms with Crippen LogP contribution in [0.4, 0.5) is 22.7 Å². The van der Waals surface area contributed by atoms with Crippen LogP contribution in [-0.2, 0) is 6.42 Å². The van der Waals surface area contributed by atoms with Crippen molar-refractivity contribution in [1.82, 2.24) is 0 Å². The maximum absolute atomic E-state index is 10.3. The number of hydrogen-bond donors (Lipinski definition) is 2. The minimum absolute atomic E-state index is 0.765. The van der Waals surface area contributed by atoms with Crippen LogP contribution in [0.2, 0.25) is 0 Å². The van der Waals surface area contributed by atoms with Gasteiger partial charge in [0.25, 0.3) is 0 Å². The van der Waals surface area contributed by atoms with E-state index in [1.54, 1.807) is 0 Å². The molecule has 0 atom stereocenters.